The molecule has 232 valence electrons. The van der Waals surface area contributed by atoms with Crippen molar-refractivity contribution in [2.45, 2.75) is 37.6 Å². The number of aromatic nitrogens is 2. The van der Waals surface area contributed by atoms with Gasteiger partial charge in [0.05, 0.1) is 48.4 Å². The van der Waals surface area contributed by atoms with Gasteiger partial charge >= 0.3 is 12.3 Å². The third-order valence-corrected chi connectivity index (χ3v) is 7.02. The molecule has 0 spiro atoms. The predicted molar refractivity (Wildman–Crippen MR) is 141 cm³/mol. The van der Waals surface area contributed by atoms with E-state index < -0.39 is 46.7 Å². The summed E-state index contributed by atoms with van der Waals surface area (Å²) in [6, 6.07) is 12.4. The van der Waals surface area contributed by atoms with E-state index in [4.69, 9.17) is 0 Å². The average Bonchev–Trinajstić information content (AvgIpc) is 3.41. The topological polar surface area (TPSA) is 167 Å². The van der Waals surface area contributed by atoms with Gasteiger partial charge in [0, 0.05) is 12.5 Å². The molecule has 0 fully saturated rings. The number of sulfonamides is 1. The monoisotopic (exact) mass is 628 g/mol. The number of carbonyl (C=O) groups is 2. The lowest BCUT2D eigenvalue weighted by Gasteiger charge is -2.14. The zero-order valence-corrected chi connectivity index (χ0v) is 24.0. The predicted octanol–water partition coefficient (Wildman–Crippen LogP) is 3.93. The minimum atomic E-state index is -4.71. The zero-order valence-electron chi connectivity index (χ0n) is 23.2. The number of hydrogen-bond donors (Lipinski definition) is 1. The minimum absolute atomic E-state index is 0.0536. The minimum Gasteiger partial charge on any atom is -0.569 e. The first-order valence-electron chi connectivity index (χ1n) is 12.3. The van der Waals surface area contributed by atoms with Gasteiger partial charge < -0.3 is 14.7 Å². The lowest BCUT2D eigenvalue weighted by molar-refractivity contribution is -0.707. The number of hydrazine groups is 1. The van der Waals surface area contributed by atoms with E-state index in [1.54, 1.807) is 24.3 Å². The number of benzene rings is 2. The molecule has 1 heterocycles. The van der Waals surface area contributed by atoms with Crippen LogP contribution < -0.4 is 4.72 Å². The van der Waals surface area contributed by atoms with Crippen molar-refractivity contribution >= 4 is 22.1 Å². The van der Waals surface area contributed by atoms with Crippen molar-refractivity contribution in [3.63, 3.8) is 0 Å². The van der Waals surface area contributed by atoms with Crippen LogP contribution in [0.1, 0.15) is 24.6 Å². The van der Waals surface area contributed by atoms with Crippen LogP contribution in [0, 0.1) is 12.1 Å². The van der Waals surface area contributed by atoms with E-state index in [-0.39, 0.29) is 27.8 Å². The van der Waals surface area contributed by atoms with Crippen LogP contribution in [0.2, 0.25) is 0 Å². The molecule has 43 heavy (non-hydrogen) atoms. The molecule has 0 aliphatic heterocycles. The van der Waals surface area contributed by atoms with Crippen LogP contribution in [-0.4, -0.2) is 67.2 Å². The number of amides is 1. The lowest BCUT2D eigenvalue weighted by atomic mass is 10.1. The molecule has 1 N–H and O–H groups in total. The molecular weight excluding hydrogens is 601 g/mol. The maximum Gasteiger partial charge on any atom is 0.511 e. The van der Waals surface area contributed by atoms with Crippen LogP contribution in [0.4, 0.5) is 18.0 Å². The Morgan fingerprint density at radius 2 is 1.79 bits per heavy atom. The maximum atomic E-state index is 13.4. The Labute approximate surface area is 243 Å². The SMILES string of the molecule is COC(=O)OC(C)O/N=[N+](\[O-])N(C)CCC(=O)NS(=O)(=O)c1ccc(-n2nc(C(F)(F)F)cc2-c2ccc(C)cc2)cc1. The summed E-state index contributed by atoms with van der Waals surface area (Å²) >= 11 is 0. The van der Waals surface area contributed by atoms with Crippen molar-refractivity contribution in [3.05, 3.63) is 71.1 Å². The van der Waals surface area contributed by atoms with Gasteiger partial charge in [-0.1, -0.05) is 29.8 Å². The molecule has 0 radical (unpaired) electrons. The van der Waals surface area contributed by atoms with Gasteiger partial charge in [0.15, 0.2) is 5.69 Å². The number of halogens is 3. The molecule has 3 rings (SSSR count). The molecule has 0 saturated carbocycles. The maximum absolute atomic E-state index is 13.4. The van der Waals surface area contributed by atoms with Gasteiger partial charge in [-0.2, -0.15) is 18.3 Å². The second-order valence-electron chi connectivity index (χ2n) is 8.92. The molecule has 1 unspecified atom stereocenters. The Bertz CT molecular complexity index is 1580. The van der Waals surface area contributed by atoms with Crippen LogP contribution in [0.25, 0.3) is 16.9 Å². The highest BCUT2D eigenvalue weighted by atomic mass is 32.2. The van der Waals surface area contributed by atoms with Crippen LogP contribution >= 0.6 is 0 Å². The summed E-state index contributed by atoms with van der Waals surface area (Å²) in [5, 5.41) is 19.6. The van der Waals surface area contributed by atoms with Crippen molar-refractivity contribution in [2.75, 3.05) is 20.7 Å². The summed E-state index contributed by atoms with van der Waals surface area (Å²) in [5.41, 5.74) is 0.515. The normalized spacial score (nSPS) is 12.8. The molecule has 3 aromatic rings. The van der Waals surface area contributed by atoms with Crippen molar-refractivity contribution < 1.29 is 50.5 Å². The highest BCUT2D eigenvalue weighted by molar-refractivity contribution is 7.90. The molecule has 1 atom stereocenters. The molecule has 18 heteroatoms. The molecule has 1 amide bonds. The number of hydrogen-bond acceptors (Lipinski definition) is 10. The van der Waals surface area contributed by atoms with Gasteiger partial charge in [-0.3, -0.25) is 9.63 Å². The van der Waals surface area contributed by atoms with Crippen molar-refractivity contribution in [1.82, 2.24) is 19.5 Å². The Kier molecular flexibility index (Phi) is 10.2. The van der Waals surface area contributed by atoms with Crippen LogP contribution in [-0.2, 0) is 35.3 Å². The van der Waals surface area contributed by atoms with Crippen LogP contribution in [0.3, 0.4) is 0 Å². The van der Waals surface area contributed by atoms with Crippen molar-refractivity contribution in [1.29, 1.82) is 0 Å². The number of alkyl halides is 3. The number of nitrogens with zero attached hydrogens (tertiary/aromatic N) is 5. The van der Waals surface area contributed by atoms with Gasteiger partial charge in [0.1, 0.15) is 0 Å². The molecule has 14 nitrogen and oxygen atoms in total. The second-order valence-corrected chi connectivity index (χ2v) is 10.6. The molecule has 0 aliphatic carbocycles. The highest BCUT2D eigenvalue weighted by Crippen LogP contribution is 2.33. The van der Waals surface area contributed by atoms with Crippen molar-refractivity contribution in [3.8, 4) is 16.9 Å². The Morgan fingerprint density at radius 3 is 2.37 bits per heavy atom. The van der Waals surface area contributed by atoms with E-state index in [1.165, 1.54) is 26.1 Å². The first kappa shape index (κ1) is 32.6. The fourth-order valence-corrected chi connectivity index (χ4v) is 4.41. The summed E-state index contributed by atoms with van der Waals surface area (Å²) < 4.78 is 77.5. The number of rotatable bonds is 11. The Hall–Kier alpha value is -4.87. The van der Waals surface area contributed by atoms with Crippen LogP contribution in [0.15, 0.2) is 64.8 Å². The van der Waals surface area contributed by atoms with Gasteiger partial charge in [0.25, 0.3) is 16.3 Å². The number of methoxy groups -OCH3 is 1. The van der Waals surface area contributed by atoms with Crippen LogP contribution in [0.5, 0.6) is 0 Å². The molecule has 0 bridgehead atoms. The summed E-state index contributed by atoms with van der Waals surface area (Å²) in [6.45, 7) is 2.80. The van der Waals surface area contributed by atoms with Gasteiger partial charge in [-0.25, -0.2) is 22.6 Å². The lowest BCUT2D eigenvalue weighted by Crippen LogP contribution is -2.35. The molecule has 1 aromatic heterocycles. The average molecular weight is 629 g/mol. The first-order chi connectivity index (χ1) is 20.1. The summed E-state index contributed by atoms with van der Waals surface area (Å²) in [4.78, 5) is 27.5. The third kappa shape index (κ3) is 8.81. The zero-order chi connectivity index (χ0) is 31.9. The van der Waals surface area contributed by atoms with E-state index in [1.807, 2.05) is 11.6 Å². The van der Waals surface area contributed by atoms with Crippen molar-refractivity contribution in [2.24, 2.45) is 5.28 Å². The molecule has 2 aromatic carbocycles. The largest absolute Gasteiger partial charge is 0.569 e. The highest BCUT2D eigenvalue weighted by Gasteiger charge is 2.35. The fourth-order valence-electron chi connectivity index (χ4n) is 3.40. The Morgan fingerprint density at radius 1 is 1.16 bits per heavy atom. The van der Waals surface area contributed by atoms with Gasteiger partial charge in [-0.05, 0) is 37.3 Å². The number of ether oxygens (including phenoxy) is 2. The van der Waals surface area contributed by atoms with Gasteiger partial charge in [0.2, 0.25) is 11.2 Å². The quantitative estimate of drug-likeness (QED) is 0.108. The number of aryl methyl sites for hydroxylation is 1. The first-order valence-corrected chi connectivity index (χ1v) is 13.8. The summed E-state index contributed by atoms with van der Waals surface area (Å²) in [5.74, 6) is -0.962. The fraction of sp³-hybridized carbons (Fsp3) is 0.320. The molecule has 0 aliphatic rings. The second kappa shape index (κ2) is 13.4. The van der Waals surface area contributed by atoms with E-state index in [2.05, 4.69) is 24.7 Å². The smallest absolute Gasteiger partial charge is 0.511 e. The van der Waals surface area contributed by atoms with Gasteiger partial charge in [-0.15, -0.1) is 5.01 Å². The van der Waals surface area contributed by atoms with E-state index in [0.29, 0.717) is 5.56 Å². The summed E-state index contributed by atoms with van der Waals surface area (Å²) in [6.07, 6.45) is -7.49. The molecular formula is C25H27F3N6O8S. The summed E-state index contributed by atoms with van der Waals surface area (Å²) in [7, 11) is -2.07. The standard InChI is InChI=1S/C25H27F3N6O8S/c1-16-5-7-18(8-6-16)21-15-22(25(26,27)28)29-33(21)19-9-11-20(12-10-19)43(38,39)30-23(35)13-14-32(3)34(37)31-42-17(2)41-24(36)40-4/h5-12,15,17H,13-14H2,1-4H3,(H,30,35)/b34-31-. The van der Waals surface area contributed by atoms with E-state index in [0.717, 1.165) is 40.6 Å². The number of carbonyl (C=O) groups excluding carboxylic acids is 2. The number of nitrogens with one attached hydrogen (secondary N) is 1. The van der Waals surface area contributed by atoms with E-state index >= 15 is 0 Å². The third-order valence-electron chi connectivity index (χ3n) is 5.64. The Balaban J connectivity index is 1.68. The van der Waals surface area contributed by atoms with E-state index in [9.17, 15) is 36.4 Å². The molecule has 0 saturated heterocycles.